The van der Waals surface area contributed by atoms with Gasteiger partial charge in [0.25, 0.3) is 0 Å². The zero-order valence-corrected chi connectivity index (χ0v) is 12.8. The molecule has 0 unspecified atom stereocenters. The number of thiophene rings is 1. The summed E-state index contributed by atoms with van der Waals surface area (Å²) < 4.78 is 0. The first-order chi connectivity index (χ1) is 9.76. The maximum Gasteiger partial charge on any atom is 0.225 e. The molecule has 0 fully saturated rings. The van der Waals surface area contributed by atoms with E-state index in [1.807, 2.05) is 6.92 Å². The third-order valence-electron chi connectivity index (χ3n) is 2.56. The van der Waals surface area contributed by atoms with Crippen LogP contribution in [0.1, 0.15) is 11.8 Å². The highest BCUT2D eigenvalue weighted by molar-refractivity contribution is 7.99. The molecule has 7 heteroatoms. The van der Waals surface area contributed by atoms with E-state index in [-0.39, 0.29) is 0 Å². The zero-order valence-electron chi connectivity index (χ0n) is 11.1. The third kappa shape index (κ3) is 2.73. The summed E-state index contributed by atoms with van der Waals surface area (Å²) >= 11 is 3.19. The fourth-order valence-corrected chi connectivity index (χ4v) is 3.53. The molecule has 3 heterocycles. The van der Waals surface area contributed by atoms with E-state index < -0.39 is 0 Å². The van der Waals surface area contributed by atoms with Crippen LogP contribution >= 0.6 is 23.1 Å². The van der Waals surface area contributed by atoms with Crippen LogP contribution in [0, 0.1) is 6.92 Å². The second-order valence-electron chi connectivity index (χ2n) is 4.10. The lowest BCUT2D eigenvalue weighted by atomic mass is 10.4. The molecule has 20 heavy (non-hydrogen) atoms. The fraction of sp³-hybridized carbons (Fsp3) is 0.231. The number of nitrogens with one attached hydrogen (secondary N) is 1. The second kappa shape index (κ2) is 5.72. The second-order valence-corrected chi connectivity index (χ2v) is 6.35. The van der Waals surface area contributed by atoms with Crippen LogP contribution in [-0.2, 0) is 0 Å². The Morgan fingerprint density at radius 3 is 2.95 bits per heavy atom. The zero-order chi connectivity index (χ0) is 13.9. The van der Waals surface area contributed by atoms with Gasteiger partial charge in [-0.25, -0.2) is 15.0 Å². The Hall–Kier alpha value is -1.73. The summed E-state index contributed by atoms with van der Waals surface area (Å²) in [5.74, 6) is 0.660. The molecule has 3 rings (SSSR count). The summed E-state index contributed by atoms with van der Waals surface area (Å²) in [5.41, 5.74) is 0. The molecule has 0 amide bonds. The average molecular weight is 303 g/mol. The molecule has 0 saturated carbocycles. The van der Waals surface area contributed by atoms with Gasteiger partial charge in [-0.3, -0.25) is 4.98 Å². The van der Waals surface area contributed by atoms with E-state index in [0.29, 0.717) is 5.95 Å². The highest BCUT2D eigenvalue weighted by atomic mass is 32.2. The summed E-state index contributed by atoms with van der Waals surface area (Å²) in [6, 6.07) is 2.12. The van der Waals surface area contributed by atoms with Gasteiger partial charge in [0.15, 0.2) is 0 Å². The number of nitrogens with zero attached hydrogens (tertiary/aromatic N) is 4. The normalized spacial score (nSPS) is 10.9. The van der Waals surface area contributed by atoms with Crippen LogP contribution in [0.2, 0.25) is 0 Å². The minimum absolute atomic E-state index is 0.660. The highest BCUT2D eigenvalue weighted by Crippen LogP contribution is 2.34. The summed E-state index contributed by atoms with van der Waals surface area (Å²) in [5, 5.41) is 5.99. The van der Waals surface area contributed by atoms with Crippen molar-refractivity contribution in [1.82, 2.24) is 19.9 Å². The van der Waals surface area contributed by atoms with Crippen LogP contribution < -0.4 is 5.32 Å². The molecule has 5 nitrogen and oxygen atoms in total. The Kier molecular flexibility index (Phi) is 3.79. The summed E-state index contributed by atoms with van der Waals surface area (Å²) in [7, 11) is 0. The van der Waals surface area contributed by atoms with Crippen molar-refractivity contribution < 1.29 is 0 Å². The van der Waals surface area contributed by atoms with Gasteiger partial charge in [-0.05, 0) is 31.7 Å². The number of hydrogen-bond acceptors (Lipinski definition) is 7. The fourth-order valence-electron chi connectivity index (χ4n) is 1.77. The van der Waals surface area contributed by atoms with Crippen molar-refractivity contribution in [1.29, 1.82) is 0 Å². The largest absolute Gasteiger partial charge is 0.354 e. The van der Waals surface area contributed by atoms with Gasteiger partial charge in [0.05, 0.1) is 6.20 Å². The van der Waals surface area contributed by atoms with Crippen LogP contribution in [0.3, 0.4) is 0 Å². The molecule has 0 bridgehead atoms. The van der Waals surface area contributed by atoms with Gasteiger partial charge in [-0.2, -0.15) is 0 Å². The third-order valence-corrected chi connectivity index (χ3v) is 4.43. The first-order valence-corrected chi connectivity index (χ1v) is 7.85. The number of hydrogen-bond donors (Lipinski definition) is 1. The molecule has 1 N–H and O–H groups in total. The molecule has 0 saturated heterocycles. The Bertz CT molecular complexity index is 726. The number of aryl methyl sites for hydroxylation is 1. The van der Waals surface area contributed by atoms with Crippen molar-refractivity contribution >= 4 is 39.3 Å². The van der Waals surface area contributed by atoms with Crippen LogP contribution in [0.15, 0.2) is 34.7 Å². The van der Waals surface area contributed by atoms with Crippen molar-refractivity contribution in [3.05, 3.63) is 29.5 Å². The lowest BCUT2D eigenvalue weighted by Gasteiger charge is -2.05. The molecule has 0 atom stereocenters. The maximum absolute atomic E-state index is 4.58. The summed E-state index contributed by atoms with van der Waals surface area (Å²) in [6.45, 7) is 4.91. The van der Waals surface area contributed by atoms with E-state index in [2.05, 4.69) is 38.2 Å². The van der Waals surface area contributed by atoms with Crippen molar-refractivity contribution in [2.45, 2.75) is 23.9 Å². The first-order valence-electron chi connectivity index (χ1n) is 6.22. The van der Waals surface area contributed by atoms with E-state index in [1.165, 1.54) is 16.6 Å². The predicted octanol–water partition coefficient (Wildman–Crippen LogP) is 3.37. The van der Waals surface area contributed by atoms with Crippen LogP contribution in [0.4, 0.5) is 5.95 Å². The molecule has 0 aliphatic heterocycles. The number of fused-ring (bicyclic) bond motifs is 1. The number of anilines is 1. The van der Waals surface area contributed by atoms with Crippen molar-refractivity contribution in [2.24, 2.45) is 0 Å². The predicted molar refractivity (Wildman–Crippen MR) is 82.5 cm³/mol. The Morgan fingerprint density at radius 2 is 2.20 bits per heavy atom. The van der Waals surface area contributed by atoms with Crippen LogP contribution in [0.5, 0.6) is 0 Å². The van der Waals surface area contributed by atoms with Gasteiger partial charge in [-0.1, -0.05) is 0 Å². The Labute approximate surface area is 124 Å². The van der Waals surface area contributed by atoms with E-state index >= 15 is 0 Å². The smallest absolute Gasteiger partial charge is 0.225 e. The number of aromatic nitrogens is 4. The summed E-state index contributed by atoms with van der Waals surface area (Å²) in [6.07, 6.45) is 5.09. The molecule has 0 spiro atoms. The standard InChI is InChI=1S/C13H13N5S2/c1-3-15-13-17-11-9(6-8(2)19-11)12(18-13)20-10-7-14-4-5-16-10/h4-7H,3H2,1-2H3,(H,15,17,18). The average Bonchev–Trinajstić information content (AvgIpc) is 2.81. The molecular formula is C13H13N5S2. The molecule has 0 aromatic carbocycles. The van der Waals surface area contributed by atoms with Gasteiger partial charge in [0.2, 0.25) is 5.95 Å². The Morgan fingerprint density at radius 1 is 1.30 bits per heavy atom. The van der Waals surface area contributed by atoms with Gasteiger partial charge in [-0.15, -0.1) is 11.3 Å². The van der Waals surface area contributed by atoms with Crippen LogP contribution in [0.25, 0.3) is 10.2 Å². The first kappa shape index (κ1) is 13.3. The van der Waals surface area contributed by atoms with Gasteiger partial charge >= 0.3 is 0 Å². The molecule has 102 valence electrons. The quantitative estimate of drug-likeness (QED) is 0.746. The molecule has 0 aliphatic rings. The lowest BCUT2D eigenvalue weighted by molar-refractivity contribution is 1.03. The van der Waals surface area contributed by atoms with Gasteiger partial charge in [0.1, 0.15) is 14.9 Å². The number of rotatable bonds is 4. The minimum atomic E-state index is 0.660. The molecule has 0 aliphatic carbocycles. The molecule has 3 aromatic rings. The lowest BCUT2D eigenvalue weighted by Crippen LogP contribution is -2.02. The monoisotopic (exact) mass is 303 g/mol. The molecular weight excluding hydrogens is 290 g/mol. The topological polar surface area (TPSA) is 63.6 Å². The van der Waals surface area contributed by atoms with E-state index in [1.54, 1.807) is 29.9 Å². The minimum Gasteiger partial charge on any atom is -0.354 e. The molecule has 0 radical (unpaired) electrons. The van der Waals surface area contributed by atoms with E-state index in [9.17, 15) is 0 Å². The maximum atomic E-state index is 4.58. The van der Waals surface area contributed by atoms with E-state index in [0.717, 1.165) is 26.8 Å². The van der Waals surface area contributed by atoms with E-state index in [4.69, 9.17) is 0 Å². The van der Waals surface area contributed by atoms with Crippen molar-refractivity contribution in [3.8, 4) is 0 Å². The molecule has 3 aromatic heterocycles. The van der Waals surface area contributed by atoms with Crippen LogP contribution in [-0.4, -0.2) is 26.5 Å². The highest BCUT2D eigenvalue weighted by Gasteiger charge is 2.12. The summed E-state index contributed by atoms with van der Waals surface area (Å²) in [4.78, 5) is 19.7. The van der Waals surface area contributed by atoms with Crippen molar-refractivity contribution in [2.75, 3.05) is 11.9 Å². The Balaban J connectivity index is 2.07. The van der Waals surface area contributed by atoms with Crippen molar-refractivity contribution in [3.63, 3.8) is 0 Å². The van der Waals surface area contributed by atoms with Gasteiger partial charge in [0, 0.05) is 29.2 Å². The SMILES string of the molecule is CCNc1nc(Sc2cnccn2)c2cc(C)sc2n1. The van der Waals surface area contributed by atoms with Gasteiger partial charge < -0.3 is 5.32 Å².